The molecule has 0 fully saturated rings. The van der Waals surface area contributed by atoms with Gasteiger partial charge in [-0.05, 0) is 40.2 Å². The Morgan fingerprint density at radius 2 is 2.13 bits per heavy atom. The van der Waals surface area contributed by atoms with Gasteiger partial charge in [-0.25, -0.2) is 0 Å². The molecule has 0 radical (unpaired) electrons. The molecule has 2 rings (SSSR count). The number of methoxy groups -OCH3 is 1. The molecular formula is C16H13BrClN3O2. The maximum absolute atomic E-state index is 8.59. The van der Waals surface area contributed by atoms with Crippen molar-refractivity contribution in [2.24, 2.45) is 5.10 Å². The lowest BCUT2D eigenvalue weighted by Gasteiger charge is -2.10. The van der Waals surface area contributed by atoms with Crippen LogP contribution in [0, 0.1) is 11.3 Å². The third kappa shape index (κ3) is 4.62. The first-order valence-corrected chi connectivity index (χ1v) is 7.73. The van der Waals surface area contributed by atoms with Gasteiger partial charge in [0.1, 0.15) is 6.07 Å². The van der Waals surface area contributed by atoms with Crippen LogP contribution in [0.3, 0.4) is 0 Å². The number of nitrogens with zero attached hydrogens (tertiary/aromatic N) is 2. The predicted octanol–water partition coefficient (Wildman–Crippen LogP) is 4.46. The lowest BCUT2D eigenvalue weighted by molar-refractivity contribution is 0.329. The Morgan fingerprint density at radius 3 is 2.83 bits per heavy atom. The smallest absolute Gasteiger partial charge is 0.174 e. The maximum Gasteiger partial charge on any atom is 0.174 e. The van der Waals surface area contributed by atoms with E-state index in [1.165, 1.54) is 7.11 Å². The molecule has 23 heavy (non-hydrogen) atoms. The number of ether oxygens (including phenoxy) is 2. The van der Waals surface area contributed by atoms with Crippen LogP contribution in [0.1, 0.15) is 5.56 Å². The molecule has 0 saturated carbocycles. The first-order valence-electron chi connectivity index (χ1n) is 6.56. The molecule has 0 atom stereocenters. The summed E-state index contributed by atoms with van der Waals surface area (Å²) in [5.74, 6) is 1.000. The van der Waals surface area contributed by atoms with Gasteiger partial charge in [0.2, 0.25) is 0 Å². The Morgan fingerprint density at radius 1 is 1.35 bits per heavy atom. The summed E-state index contributed by atoms with van der Waals surface area (Å²) in [5.41, 5.74) is 4.37. The number of hydrazone groups is 1. The molecule has 1 N–H and O–H groups in total. The van der Waals surface area contributed by atoms with Gasteiger partial charge in [-0.3, -0.25) is 5.43 Å². The molecule has 2 aromatic rings. The second-order valence-corrected chi connectivity index (χ2v) is 5.58. The minimum absolute atomic E-state index is 0.0513. The van der Waals surface area contributed by atoms with Crippen LogP contribution in [0.15, 0.2) is 46.0 Å². The number of anilines is 1. The van der Waals surface area contributed by atoms with E-state index in [0.29, 0.717) is 22.2 Å². The van der Waals surface area contributed by atoms with Crippen molar-refractivity contribution in [1.29, 1.82) is 5.26 Å². The Labute approximate surface area is 147 Å². The summed E-state index contributed by atoms with van der Waals surface area (Å²) in [6, 6.07) is 12.7. The van der Waals surface area contributed by atoms with Crippen LogP contribution in [0.25, 0.3) is 0 Å². The fourth-order valence-corrected chi connectivity index (χ4v) is 2.36. The van der Waals surface area contributed by atoms with Gasteiger partial charge in [0.25, 0.3) is 0 Å². The first kappa shape index (κ1) is 17.1. The lowest BCUT2D eigenvalue weighted by Crippen LogP contribution is -1.99. The van der Waals surface area contributed by atoms with Crippen molar-refractivity contribution < 1.29 is 9.47 Å². The summed E-state index contributed by atoms with van der Waals surface area (Å²) in [4.78, 5) is 0. The summed E-state index contributed by atoms with van der Waals surface area (Å²) < 4.78 is 11.3. The molecule has 0 heterocycles. The number of para-hydroxylation sites is 1. The van der Waals surface area contributed by atoms with E-state index in [9.17, 15) is 0 Å². The highest BCUT2D eigenvalue weighted by Gasteiger charge is 2.09. The van der Waals surface area contributed by atoms with Gasteiger partial charge in [0.15, 0.2) is 18.1 Å². The van der Waals surface area contributed by atoms with E-state index in [4.69, 9.17) is 26.3 Å². The van der Waals surface area contributed by atoms with Crippen LogP contribution in [-0.2, 0) is 0 Å². The van der Waals surface area contributed by atoms with E-state index in [1.807, 2.05) is 24.3 Å². The van der Waals surface area contributed by atoms with Crippen molar-refractivity contribution in [1.82, 2.24) is 0 Å². The highest BCUT2D eigenvalue weighted by molar-refractivity contribution is 9.10. The van der Waals surface area contributed by atoms with Crippen molar-refractivity contribution in [3.8, 4) is 17.6 Å². The van der Waals surface area contributed by atoms with Crippen molar-refractivity contribution in [2.75, 3.05) is 19.1 Å². The fourth-order valence-electron chi connectivity index (χ4n) is 1.76. The second-order valence-electron chi connectivity index (χ2n) is 4.32. The van der Waals surface area contributed by atoms with Crippen LogP contribution < -0.4 is 14.9 Å². The summed E-state index contributed by atoms with van der Waals surface area (Å²) >= 11 is 9.49. The van der Waals surface area contributed by atoms with E-state index < -0.39 is 0 Å². The van der Waals surface area contributed by atoms with E-state index in [0.717, 1.165) is 10.0 Å². The van der Waals surface area contributed by atoms with Gasteiger partial charge in [-0.2, -0.15) is 10.4 Å². The number of benzene rings is 2. The highest BCUT2D eigenvalue weighted by Crippen LogP contribution is 2.33. The third-order valence-electron chi connectivity index (χ3n) is 2.84. The van der Waals surface area contributed by atoms with Gasteiger partial charge in [-0.15, -0.1) is 0 Å². The van der Waals surface area contributed by atoms with Crippen molar-refractivity contribution in [3.05, 3.63) is 51.5 Å². The largest absolute Gasteiger partial charge is 0.493 e. The van der Waals surface area contributed by atoms with Crippen LogP contribution in [0.4, 0.5) is 5.69 Å². The van der Waals surface area contributed by atoms with Crippen LogP contribution in [0.2, 0.25) is 5.02 Å². The maximum atomic E-state index is 8.59. The van der Waals surface area contributed by atoms with E-state index in [1.54, 1.807) is 24.4 Å². The monoisotopic (exact) mass is 393 g/mol. The number of nitriles is 1. The first-order chi connectivity index (χ1) is 11.2. The lowest BCUT2D eigenvalue weighted by atomic mass is 10.2. The van der Waals surface area contributed by atoms with Crippen molar-refractivity contribution in [2.45, 2.75) is 0 Å². The number of nitrogens with one attached hydrogen (secondary N) is 1. The number of halogens is 2. The molecular weight excluding hydrogens is 382 g/mol. The third-order valence-corrected chi connectivity index (χ3v) is 3.85. The zero-order valence-corrected chi connectivity index (χ0v) is 14.6. The average molecular weight is 395 g/mol. The van der Waals surface area contributed by atoms with Crippen molar-refractivity contribution in [3.63, 3.8) is 0 Å². The fraction of sp³-hybridized carbons (Fsp3) is 0.125. The molecule has 0 saturated heterocycles. The minimum Gasteiger partial charge on any atom is -0.493 e. The van der Waals surface area contributed by atoms with Crippen LogP contribution >= 0.6 is 27.5 Å². The Balaban J connectivity index is 2.18. The summed E-state index contributed by atoms with van der Waals surface area (Å²) in [6.45, 7) is -0.0513. The van der Waals surface area contributed by atoms with E-state index >= 15 is 0 Å². The van der Waals surface area contributed by atoms with Gasteiger partial charge in [-0.1, -0.05) is 23.7 Å². The number of hydrogen-bond acceptors (Lipinski definition) is 5. The quantitative estimate of drug-likeness (QED) is 0.580. The van der Waals surface area contributed by atoms with Gasteiger partial charge < -0.3 is 9.47 Å². The number of hydrogen-bond donors (Lipinski definition) is 1. The Kier molecular flexibility index (Phi) is 6.27. The molecule has 0 aliphatic heterocycles. The molecule has 118 valence electrons. The zero-order valence-electron chi connectivity index (χ0n) is 12.2. The molecule has 5 nitrogen and oxygen atoms in total. The molecule has 0 unspecified atom stereocenters. The molecule has 7 heteroatoms. The molecule has 0 bridgehead atoms. The minimum atomic E-state index is -0.0513. The molecule has 0 aliphatic carbocycles. The Hall–Kier alpha value is -2.23. The molecule has 0 aromatic heterocycles. The molecule has 0 aliphatic rings. The standard InChI is InChI=1S/C16H13BrClN3O2/c1-22-15-8-11(12(17)9-16(15)23-7-6-19)10-20-21-14-5-3-2-4-13(14)18/h2-5,8-10,21H,7H2,1H3/b20-10+. The number of rotatable bonds is 6. The van der Waals surface area contributed by atoms with Gasteiger partial charge in [0, 0.05) is 10.0 Å². The topological polar surface area (TPSA) is 66.6 Å². The van der Waals surface area contributed by atoms with Gasteiger partial charge in [0.05, 0.1) is 24.0 Å². The SMILES string of the molecule is COc1cc(/C=N/Nc2ccccc2Cl)c(Br)cc1OCC#N. The van der Waals surface area contributed by atoms with E-state index in [-0.39, 0.29) is 6.61 Å². The highest BCUT2D eigenvalue weighted by atomic mass is 79.9. The van der Waals surface area contributed by atoms with Crippen molar-refractivity contribution >= 4 is 39.4 Å². The van der Waals surface area contributed by atoms with Crippen LogP contribution in [0.5, 0.6) is 11.5 Å². The molecule has 2 aromatic carbocycles. The summed E-state index contributed by atoms with van der Waals surface area (Å²) in [6.07, 6.45) is 1.63. The zero-order chi connectivity index (χ0) is 16.7. The summed E-state index contributed by atoms with van der Waals surface area (Å²) in [5, 5.41) is 13.3. The molecule has 0 amide bonds. The van der Waals surface area contributed by atoms with Gasteiger partial charge >= 0.3 is 0 Å². The summed E-state index contributed by atoms with van der Waals surface area (Å²) in [7, 11) is 1.53. The second kappa shape index (κ2) is 8.42. The Bertz CT molecular complexity index is 759. The molecule has 0 spiro atoms. The van der Waals surface area contributed by atoms with E-state index in [2.05, 4.69) is 26.5 Å². The predicted molar refractivity (Wildman–Crippen MR) is 94.5 cm³/mol. The normalized spacial score (nSPS) is 10.3. The average Bonchev–Trinajstić information content (AvgIpc) is 2.56. The van der Waals surface area contributed by atoms with Crippen LogP contribution in [-0.4, -0.2) is 19.9 Å².